The molecule has 0 radical (unpaired) electrons. The first-order valence-corrected chi connectivity index (χ1v) is 8.75. The maximum absolute atomic E-state index is 12.8. The van der Waals surface area contributed by atoms with Gasteiger partial charge in [-0.2, -0.15) is 0 Å². The van der Waals surface area contributed by atoms with Crippen molar-refractivity contribution >= 4 is 29.4 Å². The number of hydrogen-bond donors (Lipinski definition) is 1. The fourth-order valence-electron chi connectivity index (χ4n) is 3.59. The topological polar surface area (TPSA) is 93.1 Å². The van der Waals surface area contributed by atoms with Crippen molar-refractivity contribution in [2.24, 2.45) is 5.41 Å². The Labute approximate surface area is 155 Å². The molecule has 2 aliphatic rings. The van der Waals surface area contributed by atoms with E-state index in [9.17, 15) is 19.5 Å². The lowest BCUT2D eigenvalue weighted by atomic mass is 9.79. The number of methoxy groups -OCH3 is 1. The Bertz CT molecular complexity index is 741. The second kappa shape index (κ2) is 7.25. The fourth-order valence-corrected chi connectivity index (χ4v) is 3.86. The number of fused-ring (bicyclic) bond motifs is 1. The van der Waals surface area contributed by atoms with Crippen LogP contribution in [-0.4, -0.2) is 60.8 Å². The number of amides is 1. The van der Waals surface area contributed by atoms with Crippen LogP contribution in [0.25, 0.3) is 0 Å². The van der Waals surface area contributed by atoms with Gasteiger partial charge in [0.15, 0.2) is 6.10 Å². The molecule has 1 fully saturated rings. The molecule has 0 bridgehead atoms. The molecule has 3 rings (SSSR count). The molecule has 1 amide bonds. The van der Waals surface area contributed by atoms with E-state index in [2.05, 4.69) is 0 Å². The standard InChI is InChI=1S/C18H20ClNO6/c1-25-10-18(17(23)24)5-7-20(8-6-18)15(21)13-9-11-3-2-4-12(19)14(11)16(22)26-13/h2-4,13H,5-10H2,1H3,(H,23,24). The molecule has 1 saturated heterocycles. The van der Waals surface area contributed by atoms with Gasteiger partial charge in [0.2, 0.25) is 0 Å². The summed E-state index contributed by atoms with van der Waals surface area (Å²) in [6.07, 6.45) is -0.0528. The number of benzene rings is 1. The van der Waals surface area contributed by atoms with Crippen LogP contribution in [0.15, 0.2) is 18.2 Å². The minimum atomic E-state index is -0.977. The van der Waals surface area contributed by atoms with Crippen molar-refractivity contribution in [3.05, 3.63) is 34.3 Å². The van der Waals surface area contributed by atoms with Crippen LogP contribution in [0.4, 0.5) is 0 Å². The fraction of sp³-hybridized carbons (Fsp3) is 0.500. The molecule has 7 nitrogen and oxygen atoms in total. The van der Waals surface area contributed by atoms with Gasteiger partial charge in [-0.15, -0.1) is 0 Å². The van der Waals surface area contributed by atoms with Gasteiger partial charge >= 0.3 is 11.9 Å². The maximum atomic E-state index is 12.8. The first-order valence-electron chi connectivity index (χ1n) is 8.37. The first-order chi connectivity index (χ1) is 12.4. The third-order valence-corrected chi connectivity index (χ3v) is 5.46. The Balaban J connectivity index is 1.70. The van der Waals surface area contributed by atoms with Gasteiger partial charge in [0.05, 0.1) is 22.6 Å². The lowest BCUT2D eigenvalue weighted by Gasteiger charge is -2.39. The van der Waals surface area contributed by atoms with Crippen LogP contribution in [0.1, 0.15) is 28.8 Å². The number of carboxylic acids is 1. The summed E-state index contributed by atoms with van der Waals surface area (Å²) in [6, 6.07) is 5.09. The largest absolute Gasteiger partial charge is 0.481 e. The Kier molecular flexibility index (Phi) is 5.20. The highest BCUT2D eigenvalue weighted by atomic mass is 35.5. The van der Waals surface area contributed by atoms with Crippen molar-refractivity contribution in [1.82, 2.24) is 4.90 Å². The van der Waals surface area contributed by atoms with Gasteiger partial charge in [-0.1, -0.05) is 23.7 Å². The molecule has 26 heavy (non-hydrogen) atoms. The number of carbonyl (C=O) groups is 3. The van der Waals surface area contributed by atoms with Crippen molar-refractivity contribution in [2.45, 2.75) is 25.4 Å². The highest BCUT2D eigenvalue weighted by molar-refractivity contribution is 6.33. The number of nitrogens with zero attached hydrogens (tertiary/aromatic N) is 1. The zero-order valence-corrected chi connectivity index (χ0v) is 15.1. The molecule has 1 aromatic rings. The summed E-state index contributed by atoms with van der Waals surface area (Å²) < 4.78 is 10.4. The number of rotatable bonds is 4. The number of ether oxygens (including phenoxy) is 2. The van der Waals surface area contributed by atoms with Crippen LogP contribution < -0.4 is 0 Å². The molecule has 0 saturated carbocycles. The number of halogens is 1. The molecular weight excluding hydrogens is 362 g/mol. The van der Waals surface area contributed by atoms with Crippen LogP contribution in [0.2, 0.25) is 5.02 Å². The molecule has 140 valence electrons. The van der Waals surface area contributed by atoms with E-state index in [-0.39, 0.29) is 32.0 Å². The van der Waals surface area contributed by atoms with Crippen molar-refractivity contribution in [3.63, 3.8) is 0 Å². The number of carbonyl (C=O) groups excluding carboxylic acids is 2. The molecule has 1 unspecified atom stereocenters. The van der Waals surface area contributed by atoms with Crippen LogP contribution in [0.5, 0.6) is 0 Å². The summed E-state index contributed by atoms with van der Waals surface area (Å²) in [5, 5.41) is 9.81. The quantitative estimate of drug-likeness (QED) is 0.799. The number of carboxylic acid groups (broad SMARTS) is 1. The van der Waals surface area contributed by atoms with E-state index < -0.39 is 23.5 Å². The summed E-state index contributed by atoms with van der Waals surface area (Å²) in [4.78, 5) is 38.1. The predicted molar refractivity (Wildman–Crippen MR) is 92.1 cm³/mol. The SMILES string of the molecule is COCC1(C(=O)O)CCN(C(=O)C2Cc3cccc(Cl)c3C(=O)O2)CC1. The van der Waals surface area contributed by atoms with Gasteiger partial charge in [0, 0.05) is 26.6 Å². The molecule has 0 spiro atoms. The van der Waals surface area contributed by atoms with E-state index >= 15 is 0 Å². The van der Waals surface area contributed by atoms with Crippen LogP contribution in [-0.2, 0) is 25.5 Å². The summed E-state index contributed by atoms with van der Waals surface area (Å²) in [5.41, 5.74) is 0.0137. The minimum absolute atomic E-state index is 0.106. The van der Waals surface area contributed by atoms with E-state index in [0.717, 1.165) is 0 Å². The van der Waals surface area contributed by atoms with E-state index in [0.29, 0.717) is 29.0 Å². The van der Waals surface area contributed by atoms with Crippen molar-refractivity contribution in [2.75, 3.05) is 26.8 Å². The monoisotopic (exact) mass is 381 g/mol. The van der Waals surface area contributed by atoms with Gasteiger partial charge in [-0.3, -0.25) is 9.59 Å². The van der Waals surface area contributed by atoms with Gasteiger partial charge in [0.25, 0.3) is 5.91 Å². The van der Waals surface area contributed by atoms with E-state index in [1.54, 1.807) is 23.1 Å². The minimum Gasteiger partial charge on any atom is -0.481 e. The molecule has 1 aromatic carbocycles. The van der Waals surface area contributed by atoms with E-state index in [4.69, 9.17) is 21.1 Å². The Morgan fingerprint density at radius 3 is 2.69 bits per heavy atom. The summed E-state index contributed by atoms with van der Waals surface area (Å²) in [7, 11) is 1.46. The van der Waals surface area contributed by atoms with Crippen LogP contribution >= 0.6 is 11.6 Å². The second-order valence-electron chi connectivity index (χ2n) is 6.72. The third kappa shape index (κ3) is 3.29. The predicted octanol–water partition coefficient (Wildman–Crippen LogP) is 1.76. The number of piperidine rings is 1. The van der Waals surface area contributed by atoms with Crippen LogP contribution in [0, 0.1) is 5.41 Å². The number of likely N-dealkylation sites (tertiary alicyclic amines) is 1. The molecule has 8 heteroatoms. The lowest BCUT2D eigenvalue weighted by Crippen LogP contribution is -2.52. The van der Waals surface area contributed by atoms with Crippen LogP contribution in [0.3, 0.4) is 0 Å². The number of cyclic esters (lactones) is 1. The van der Waals surface area contributed by atoms with Gasteiger partial charge < -0.3 is 19.5 Å². The van der Waals surface area contributed by atoms with E-state index in [1.165, 1.54) is 7.11 Å². The van der Waals surface area contributed by atoms with Gasteiger partial charge in [-0.05, 0) is 24.5 Å². The van der Waals surface area contributed by atoms with Gasteiger partial charge in [-0.25, -0.2) is 4.79 Å². The summed E-state index contributed by atoms with van der Waals surface area (Å²) in [6.45, 7) is 0.671. The zero-order chi connectivity index (χ0) is 18.9. The van der Waals surface area contributed by atoms with E-state index in [1.807, 2.05) is 0 Å². The van der Waals surface area contributed by atoms with Gasteiger partial charge in [0.1, 0.15) is 0 Å². The normalized spacial score (nSPS) is 21.7. The lowest BCUT2D eigenvalue weighted by molar-refractivity contribution is -0.160. The zero-order valence-electron chi connectivity index (χ0n) is 14.4. The molecule has 1 atom stereocenters. The first kappa shape index (κ1) is 18.7. The molecule has 0 aliphatic carbocycles. The highest BCUT2D eigenvalue weighted by Gasteiger charge is 2.44. The summed E-state index contributed by atoms with van der Waals surface area (Å²) in [5.74, 6) is -1.83. The number of esters is 1. The van der Waals surface area contributed by atoms with Crippen molar-refractivity contribution in [1.29, 1.82) is 0 Å². The Morgan fingerprint density at radius 1 is 1.38 bits per heavy atom. The Hall–Kier alpha value is -2.12. The molecular formula is C18H20ClNO6. The second-order valence-corrected chi connectivity index (χ2v) is 7.12. The number of hydrogen-bond acceptors (Lipinski definition) is 5. The third-order valence-electron chi connectivity index (χ3n) is 5.14. The number of aliphatic carboxylic acids is 1. The molecule has 2 heterocycles. The maximum Gasteiger partial charge on any atom is 0.340 e. The highest BCUT2D eigenvalue weighted by Crippen LogP contribution is 2.33. The average Bonchev–Trinajstić information content (AvgIpc) is 2.61. The Morgan fingerprint density at radius 2 is 2.08 bits per heavy atom. The molecule has 1 N–H and O–H groups in total. The smallest absolute Gasteiger partial charge is 0.340 e. The van der Waals surface area contributed by atoms with Crippen molar-refractivity contribution < 1.29 is 29.0 Å². The average molecular weight is 382 g/mol. The molecule has 0 aromatic heterocycles. The van der Waals surface area contributed by atoms with Crippen molar-refractivity contribution in [3.8, 4) is 0 Å². The summed E-state index contributed by atoms with van der Waals surface area (Å²) >= 11 is 6.04. The molecule has 2 aliphatic heterocycles.